The zero-order chi connectivity index (χ0) is 24.9. The summed E-state index contributed by atoms with van der Waals surface area (Å²) in [5, 5.41) is 24.4. The first kappa shape index (κ1) is 24.4. The van der Waals surface area contributed by atoms with Crippen LogP contribution in [0, 0.1) is 18.2 Å². The van der Waals surface area contributed by atoms with E-state index in [1.807, 2.05) is 37.3 Å². The van der Waals surface area contributed by atoms with Gasteiger partial charge in [0.15, 0.2) is 6.23 Å². The molecule has 182 valence electrons. The molecule has 1 saturated heterocycles. The van der Waals surface area contributed by atoms with E-state index >= 15 is 0 Å². The van der Waals surface area contributed by atoms with Crippen molar-refractivity contribution in [2.75, 3.05) is 22.1 Å². The summed E-state index contributed by atoms with van der Waals surface area (Å²) in [6.45, 7) is 2.89. The second-order valence-corrected chi connectivity index (χ2v) is 8.69. The molecule has 0 spiro atoms. The molecule has 3 aromatic rings. The molecule has 3 aromatic carbocycles. The molecule has 35 heavy (non-hydrogen) atoms. The van der Waals surface area contributed by atoms with Crippen LogP contribution >= 0.6 is 0 Å². The van der Waals surface area contributed by atoms with E-state index in [4.69, 9.17) is 11.1 Å². The molecule has 2 unspecified atom stereocenters. The number of rotatable bonds is 7. The number of piperidine rings is 1. The van der Waals surface area contributed by atoms with E-state index in [9.17, 15) is 14.3 Å². The highest BCUT2D eigenvalue weighted by Crippen LogP contribution is 2.29. The number of aliphatic hydroxyl groups excluding tert-OH is 1. The third-order valence-electron chi connectivity index (χ3n) is 6.18. The third kappa shape index (κ3) is 5.50. The Morgan fingerprint density at radius 1 is 1.17 bits per heavy atom. The average Bonchev–Trinajstić information content (AvgIpc) is 2.85. The van der Waals surface area contributed by atoms with E-state index in [-0.39, 0.29) is 5.56 Å². The van der Waals surface area contributed by atoms with Gasteiger partial charge in [0, 0.05) is 35.7 Å². The van der Waals surface area contributed by atoms with Gasteiger partial charge in [0.25, 0.3) is 5.91 Å². The molecule has 1 heterocycles. The second kappa shape index (κ2) is 10.7. The number of carbonyl (C=O) groups is 1. The maximum absolute atomic E-state index is 14.7. The largest absolute Gasteiger partial charge is 0.370 e. The number of benzene rings is 3. The van der Waals surface area contributed by atoms with Crippen LogP contribution in [0.15, 0.2) is 66.7 Å². The van der Waals surface area contributed by atoms with Crippen molar-refractivity contribution in [3.8, 4) is 0 Å². The van der Waals surface area contributed by atoms with Crippen molar-refractivity contribution in [1.29, 1.82) is 5.41 Å². The molecule has 1 amide bonds. The number of hydrogen-bond donors (Lipinski definition) is 5. The number of amides is 1. The van der Waals surface area contributed by atoms with Crippen LogP contribution < -0.4 is 21.3 Å². The summed E-state index contributed by atoms with van der Waals surface area (Å²) in [7, 11) is 0. The second-order valence-electron chi connectivity index (χ2n) is 8.69. The van der Waals surface area contributed by atoms with Crippen LogP contribution in [0.5, 0.6) is 0 Å². The maximum Gasteiger partial charge on any atom is 0.251 e. The third-order valence-corrected chi connectivity index (χ3v) is 6.18. The lowest BCUT2D eigenvalue weighted by Gasteiger charge is -2.35. The molecule has 7 nitrogen and oxygen atoms in total. The monoisotopic (exact) mass is 475 g/mol. The molecular formula is C27H30FN5O2. The highest BCUT2D eigenvalue weighted by Gasteiger charge is 2.27. The van der Waals surface area contributed by atoms with Gasteiger partial charge in [0.2, 0.25) is 0 Å². The number of halogens is 1. The van der Waals surface area contributed by atoms with Gasteiger partial charge < -0.3 is 31.8 Å². The molecule has 1 aliphatic heterocycles. The minimum Gasteiger partial charge on any atom is -0.370 e. The van der Waals surface area contributed by atoms with Gasteiger partial charge in [-0.15, -0.1) is 0 Å². The lowest BCUT2D eigenvalue weighted by Crippen LogP contribution is -2.45. The van der Waals surface area contributed by atoms with Gasteiger partial charge in [-0.25, -0.2) is 4.39 Å². The first-order chi connectivity index (χ1) is 16.9. The van der Waals surface area contributed by atoms with Crippen LogP contribution in [0.3, 0.4) is 0 Å². The lowest BCUT2D eigenvalue weighted by molar-refractivity contribution is -0.117. The van der Waals surface area contributed by atoms with Crippen LogP contribution in [0.2, 0.25) is 0 Å². The normalized spacial score (nSPS) is 16.6. The van der Waals surface area contributed by atoms with Crippen LogP contribution in [-0.4, -0.2) is 29.5 Å². The SMILES string of the molecule is Cc1cc(NC(=O)C(Nc2cccc(CN)c2)c2ccccc2F)ccc1N1CCCC(=N)C1O. The van der Waals surface area contributed by atoms with E-state index in [0.29, 0.717) is 36.6 Å². The van der Waals surface area contributed by atoms with E-state index < -0.39 is 24.0 Å². The number of carbonyl (C=O) groups excluding carboxylic acids is 1. The molecule has 1 aliphatic rings. The topological polar surface area (TPSA) is 114 Å². The smallest absolute Gasteiger partial charge is 0.251 e. The number of aryl methyl sites for hydroxylation is 1. The summed E-state index contributed by atoms with van der Waals surface area (Å²) in [5.41, 5.74) is 10.0. The molecule has 0 aromatic heterocycles. The van der Waals surface area contributed by atoms with Crippen LogP contribution in [-0.2, 0) is 11.3 Å². The number of aliphatic hydroxyl groups is 1. The molecule has 0 bridgehead atoms. The van der Waals surface area contributed by atoms with Gasteiger partial charge in [-0.2, -0.15) is 0 Å². The van der Waals surface area contributed by atoms with Gasteiger partial charge in [0.05, 0.1) is 5.71 Å². The average molecular weight is 476 g/mol. The molecule has 2 atom stereocenters. The summed E-state index contributed by atoms with van der Waals surface area (Å²) in [4.78, 5) is 15.2. The summed E-state index contributed by atoms with van der Waals surface area (Å²) in [6, 6.07) is 17.9. The van der Waals surface area contributed by atoms with Crippen LogP contribution in [0.25, 0.3) is 0 Å². The van der Waals surface area contributed by atoms with Crippen LogP contribution in [0.1, 0.15) is 35.6 Å². The quantitative estimate of drug-likeness (QED) is 0.349. The fraction of sp³-hybridized carbons (Fsp3) is 0.259. The Bertz CT molecular complexity index is 1230. The molecule has 4 rings (SSSR count). The zero-order valence-electron chi connectivity index (χ0n) is 19.6. The standard InChI is InChI=1S/C27H30FN5O2/c1-17-14-20(11-12-24(17)33-13-5-10-23(30)27(33)35)32-26(34)25(21-8-2-3-9-22(21)28)31-19-7-4-6-18(15-19)16-29/h2-4,6-9,11-12,14-15,25,27,30-31,35H,5,10,13,16,29H2,1H3,(H,32,34). The van der Waals surface area contributed by atoms with Crippen molar-refractivity contribution in [3.05, 3.63) is 89.2 Å². The van der Waals surface area contributed by atoms with E-state index in [0.717, 1.165) is 23.2 Å². The fourth-order valence-corrected chi connectivity index (χ4v) is 4.35. The molecule has 0 aliphatic carbocycles. The summed E-state index contributed by atoms with van der Waals surface area (Å²) < 4.78 is 14.7. The Morgan fingerprint density at radius 3 is 2.71 bits per heavy atom. The minimum absolute atomic E-state index is 0.228. The van der Waals surface area contributed by atoms with Crippen molar-refractivity contribution in [2.45, 2.75) is 38.6 Å². The molecule has 8 heteroatoms. The first-order valence-corrected chi connectivity index (χ1v) is 11.6. The van der Waals surface area contributed by atoms with Crippen molar-refractivity contribution >= 4 is 28.7 Å². The lowest BCUT2D eigenvalue weighted by atomic mass is 10.0. The number of nitrogens with two attached hydrogens (primary N) is 1. The van der Waals surface area contributed by atoms with Crippen molar-refractivity contribution in [2.24, 2.45) is 5.73 Å². The van der Waals surface area contributed by atoms with Crippen molar-refractivity contribution in [3.63, 3.8) is 0 Å². The predicted octanol–water partition coefficient (Wildman–Crippen LogP) is 4.32. The van der Waals surface area contributed by atoms with E-state index in [1.54, 1.807) is 35.2 Å². The molecular weight excluding hydrogens is 445 g/mol. The summed E-state index contributed by atoms with van der Waals surface area (Å²) in [5.74, 6) is -0.900. The number of anilines is 3. The van der Waals surface area contributed by atoms with Crippen LogP contribution in [0.4, 0.5) is 21.5 Å². The number of nitrogens with zero attached hydrogens (tertiary/aromatic N) is 1. The Kier molecular flexibility index (Phi) is 7.43. The van der Waals surface area contributed by atoms with Gasteiger partial charge in [0.1, 0.15) is 11.9 Å². The molecule has 6 N–H and O–H groups in total. The Hall–Kier alpha value is -3.75. The highest BCUT2D eigenvalue weighted by molar-refractivity contribution is 5.97. The van der Waals surface area contributed by atoms with Crippen molar-refractivity contribution in [1.82, 2.24) is 0 Å². The van der Waals surface area contributed by atoms with Gasteiger partial charge in [-0.05, 0) is 67.3 Å². The van der Waals surface area contributed by atoms with E-state index in [2.05, 4.69) is 10.6 Å². The molecule has 0 radical (unpaired) electrons. The van der Waals surface area contributed by atoms with Gasteiger partial charge in [-0.3, -0.25) is 4.79 Å². The van der Waals surface area contributed by atoms with Crippen molar-refractivity contribution < 1.29 is 14.3 Å². The summed E-state index contributed by atoms with van der Waals surface area (Å²) >= 11 is 0. The molecule has 1 fully saturated rings. The first-order valence-electron chi connectivity index (χ1n) is 11.6. The Labute approximate surface area is 204 Å². The zero-order valence-corrected chi connectivity index (χ0v) is 19.6. The number of hydrogen-bond acceptors (Lipinski definition) is 6. The highest BCUT2D eigenvalue weighted by atomic mass is 19.1. The van der Waals surface area contributed by atoms with Gasteiger partial charge >= 0.3 is 0 Å². The summed E-state index contributed by atoms with van der Waals surface area (Å²) in [6.07, 6.45) is 0.445. The molecule has 0 saturated carbocycles. The Morgan fingerprint density at radius 2 is 1.97 bits per heavy atom. The number of nitrogens with one attached hydrogen (secondary N) is 3. The Balaban J connectivity index is 1.58. The minimum atomic E-state index is -0.978. The van der Waals surface area contributed by atoms with Gasteiger partial charge in [-0.1, -0.05) is 30.3 Å². The predicted molar refractivity (Wildman–Crippen MR) is 137 cm³/mol. The van der Waals surface area contributed by atoms with E-state index in [1.165, 1.54) is 6.07 Å². The fourth-order valence-electron chi connectivity index (χ4n) is 4.35. The maximum atomic E-state index is 14.7.